The number of aryl methyl sites for hydroxylation is 1. The Labute approximate surface area is 338 Å². The molecule has 0 bridgehead atoms. The molecule has 2 saturated heterocycles. The van der Waals surface area contributed by atoms with Crippen LogP contribution in [0.4, 0.5) is 11.5 Å². The number of ether oxygens (including phenoxy) is 2. The summed E-state index contributed by atoms with van der Waals surface area (Å²) in [5.41, 5.74) is 3.20. The molecule has 12 nitrogen and oxygen atoms in total. The van der Waals surface area contributed by atoms with Crippen LogP contribution < -0.4 is 25.4 Å². The van der Waals surface area contributed by atoms with E-state index in [0.717, 1.165) is 57.5 Å². The van der Waals surface area contributed by atoms with Gasteiger partial charge >= 0.3 is 0 Å². The van der Waals surface area contributed by atoms with E-state index in [0.29, 0.717) is 49.9 Å². The summed E-state index contributed by atoms with van der Waals surface area (Å²) in [6.07, 6.45) is 1.68. The van der Waals surface area contributed by atoms with E-state index in [9.17, 15) is 14.4 Å². The second-order valence-corrected chi connectivity index (χ2v) is 17.3. The third-order valence-electron chi connectivity index (χ3n) is 10.8. The zero-order valence-electron chi connectivity index (χ0n) is 33.5. The SMILES string of the molecule is COc1cc2c(N[C@H](C)c3cccc(Br)c3)nc(C)nc2cc1OCC(C)(C)CC(C)(C)N1CCN(C(=O)CNc2cccc(C3CCC(=O)NC3=O)c2)CC1. The Morgan fingerprint density at radius 3 is 2.46 bits per heavy atom. The molecule has 3 N–H and O–H groups in total. The number of carbonyl (C=O) groups is 3. The highest BCUT2D eigenvalue weighted by molar-refractivity contribution is 9.10. The lowest BCUT2D eigenvalue weighted by molar-refractivity contribution is -0.134. The number of hydrogen-bond donors (Lipinski definition) is 3. The molecule has 1 unspecified atom stereocenters. The molecule has 2 aliphatic rings. The normalized spacial score (nSPS) is 17.4. The van der Waals surface area contributed by atoms with E-state index in [1.54, 1.807) is 7.11 Å². The number of amides is 3. The molecule has 56 heavy (non-hydrogen) atoms. The Kier molecular flexibility index (Phi) is 12.5. The number of aromatic nitrogens is 2. The van der Waals surface area contributed by atoms with Crippen LogP contribution in [0.3, 0.4) is 0 Å². The lowest BCUT2D eigenvalue weighted by Gasteiger charge is -2.47. The lowest BCUT2D eigenvalue weighted by atomic mass is 9.79. The van der Waals surface area contributed by atoms with E-state index in [4.69, 9.17) is 19.4 Å². The van der Waals surface area contributed by atoms with E-state index < -0.39 is 0 Å². The van der Waals surface area contributed by atoms with Crippen LogP contribution in [0.25, 0.3) is 10.9 Å². The van der Waals surface area contributed by atoms with Crippen molar-refractivity contribution >= 4 is 56.1 Å². The quantitative estimate of drug-likeness (QED) is 0.112. The summed E-state index contributed by atoms with van der Waals surface area (Å²) in [5.74, 6) is 1.82. The second-order valence-electron chi connectivity index (χ2n) is 16.4. The Morgan fingerprint density at radius 1 is 1.00 bits per heavy atom. The van der Waals surface area contributed by atoms with Gasteiger partial charge in [-0.05, 0) is 82.0 Å². The van der Waals surface area contributed by atoms with Crippen LogP contribution in [-0.4, -0.2) is 89.5 Å². The molecule has 6 rings (SSSR count). The van der Waals surface area contributed by atoms with Gasteiger partial charge in [-0.3, -0.25) is 24.6 Å². The summed E-state index contributed by atoms with van der Waals surface area (Å²) in [4.78, 5) is 51.1. The highest BCUT2D eigenvalue weighted by atomic mass is 79.9. The van der Waals surface area contributed by atoms with Gasteiger partial charge in [0.1, 0.15) is 11.6 Å². The van der Waals surface area contributed by atoms with Gasteiger partial charge in [-0.2, -0.15) is 0 Å². The summed E-state index contributed by atoms with van der Waals surface area (Å²) in [7, 11) is 1.65. The zero-order chi connectivity index (χ0) is 40.2. The number of nitrogens with one attached hydrogen (secondary N) is 3. The maximum Gasteiger partial charge on any atom is 0.241 e. The molecule has 2 atom stereocenters. The molecular formula is C43H54BrN7O5. The highest BCUT2D eigenvalue weighted by Gasteiger charge is 2.37. The van der Waals surface area contributed by atoms with Gasteiger partial charge in [-0.25, -0.2) is 9.97 Å². The third-order valence-corrected chi connectivity index (χ3v) is 11.3. The van der Waals surface area contributed by atoms with E-state index in [2.05, 4.69) is 83.5 Å². The first-order valence-electron chi connectivity index (χ1n) is 19.3. The van der Waals surface area contributed by atoms with Crippen molar-refractivity contribution in [1.82, 2.24) is 25.1 Å². The van der Waals surface area contributed by atoms with Crippen LogP contribution in [0.15, 0.2) is 65.1 Å². The zero-order valence-corrected chi connectivity index (χ0v) is 35.1. The van der Waals surface area contributed by atoms with Crippen molar-refractivity contribution in [2.24, 2.45) is 5.41 Å². The average molecular weight is 829 g/mol. The predicted molar refractivity (Wildman–Crippen MR) is 223 cm³/mol. The fourth-order valence-corrected chi connectivity index (χ4v) is 8.45. The first kappa shape index (κ1) is 40.9. The molecule has 0 radical (unpaired) electrons. The van der Waals surface area contributed by atoms with Crippen molar-refractivity contribution in [3.8, 4) is 11.5 Å². The number of methoxy groups -OCH3 is 1. The molecule has 0 saturated carbocycles. The summed E-state index contributed by atoms with van der Waals surface area (Å²) < 4.78 is 13.4. The molecule has 2 aliphatic heterocycles. The number of halogens is 1. The van der Waals surface area contributed by atoms with Crippen molar-refractivity contribution in [2.45, 2.75) is 78.3 Å². The van der Waals surface area contributed by atoms with Crippen molar-refractivity contribution in [3.63, 3.8) is 0 Å². The Balaban J connectivity index is 1.02. The van der Waals surface area contributed by atoms with Gasteiger partial charge in [-0.1, -0.05) is 54.0 Å². The van der Waals surface area contributed by atoms with Crippen LogP contribution >= 0.6 is 15.9 Å². The molecule has 3 heterocycles. The van der Waals surface area contributed by atoms with E-state index in [1.807, 2.05) is 60.4 Å². The monoisotopic (exact) mass is 827 g/mol. The lowest BCUT2D eigenvalue weighted by Crippen LogP contribution is -2.57. The number of anilines is 2. The Bertz CT molecular complexity index is 2080. The fourth-order valence-electron chi connectivity index (χ4n) is 8.03. The van der Waals surface area contributed by atoms with Gasteiger partial charge in [-0.15, -0.1) is 0 Å². The molecule has 298 valence electrons. The summed E-state index contributed by atoms with van der Waals surface area (Å²) in [5, 5.41) is 10.1. The molecule has 13 heteroatoms. The minimum atomic E-state index is -0.367. The molecule has 1 aromatic heterocycles. The number of benzene rings is 3. The van der Waals surface area contributed by atoms with Gasteiger partial charge in [0.25, 0.3) is 0 Å². The van der Waals surface area contributed by atoms with Crippen molar-refractivity contribution in [2.75, 3.05) is 57.1 Å². The summed E-state index contributed by atoms with van der Waals surface area (Å²) in [6, 6.07) is 19.7. The minimum absolute atomic E-state index is 0.0139. The molecule has 3 amide bonds. The van der Waals surface area contributed by atoms with E-state index in [-0.39, 0.29) is 47.2 Å². The van der Waals surface area contributed by atoms with Gasteiger partial charge in [0, 0.05) is 65.2 Å². The first-order chi connectivity index (χ1) is 26.6. The van der Waals surface area contributed by atoms with Gasteiger partial charge in [0.2, 0.25) is 17.7 Å². The number of piperidine rings is 1. The minimum Gasteiger partial charge on any atom is -0.493 e. The van der Waals surface area contributed by atoms with Gasteiger partial charge in [0.05, 0.1) is 37.7 Å². The number of carbonyl (C=O) groups excluding carboxylic acids is 3. The smallest absolute Gasteiger partial charge is 0.241 e. The summed E-state index contributed by atoms with van der Waals surface area (Å²) >= 11 is 3.57. The molecule has 0 aliphatic carbocycles. The van der Waals surface area contributed by atoms with E-state index >= 15 is 0 Å². The third kappa shape index (κ3) is 9.97. The predicted octanol–water partition coefficient (Wildman–Crippen LogP) is 7.23. The maximum absolute atomic E-state index is 13.2. The Hall–Kier alpha value is -4.75. The number of fused-ring (bicyclic) bond motifs is 1. The fraction of sp³-hybridized carbons (Fsp3) is 0.465. The second kappa shape index (κ2) is 17.2. The van der Waals surface area contributed by atoms with E-state index in [1.165, 1.54) is 0 Å². The molecule has 0 spiro atoms. The number of rotatable bonds is 14. The van der Waals surface area contributed by atoms with Crippen molar-refractivity contribution in [3.05, 3.63) is 82.1 Å². The largest absolute Gasteiger partial charge is 0.493 e. The number of nitrogens with zero attached hydrogens (tertiary/aromatic N) is 4. The van der Waals surface area contributed by atoms with Crippen molar-refractivity contribution < 1.29 is 23.9 Å². The number of hydrogen-bond acceptors (Lipinski definition) is 10. The summed E-state index contributed by atoms with van der Waals surface area (Å²) in [6.45, 7) is 16.5. The van der Waals surface area contributed by atoms with Gasteiger partial charge in [0.15, 0.2) is 11.5 Å². The van der Waals surface area contributed by atoms with Crippen molar-refractivity contribution in [1.29, 1.82) is 0 Å². The molecule has 2 fully saturated rings. The number of imide groups is 1. The van der Waals surface area contributed by atoms with Crippen LogP contribution in [0, 0.1) is 12.3 Å². The highest BCUT2D eigenvalue weighted by Crippen LogP contribution is 2.38. The van der Waals surface area contributed by atoms with Crippen LogP contribution in [0.1, 0.15) is 82.8 Å². The number of piperazine rings is 1. The average Bonchev–Trinajstić information content (AvgIpc) is 3.15. The topological polar surface area (TPSA) is 138 Å². The molecule has 3 aromatic carbocycles. The molecule has 4 aromatic rings. The van der Waals surface area contributed by atoms with Crippen LogP contribution in [0.2, 0.25) is 0 Å². The van der Waals surface area contributed by atoms with Crippen LogP contribution in [-0.2, 0) is 14.4 Å². The van der Waals surface area contributed by atoms with Gasteiger partial charge < -0.3 is 25.0 Å². The standard InChI is InChI=1S/C43H54BrN7O5/c1-27(29-10-8-12-31(44)20-29)46-40-34-22-36(55-7)37(23-35(34)47-28(2)48-40)56-26-42(3,4)25-43(5,6)51-18-16-50(17-19-51)39(53)24-45-32-13-9-11-30(21-32)33-14-15-38(52)49-41(33)54/h8-13,20-23,27,33,45H,14-19,24-26H2,1-7H3,(H,46,47,48)(H,49,52,54)/t27-,33?/m1/s1. The Morgan fingerprint density at radius 2 is 1.75 bits per heavy atom. The van der Waals surface area contributed by atoms with Crippen LogP contribution in [0.5, 0.6) is 11.5 Å². The molecular weight excluding hydrogens is 774 g/mol. The first-order valence-corrected chi connectivity index (χ1v) is 20.1. The maximum atomic E-state index is 13.2.